The molecule has 1 heterocycles. The molecular formula is C28H41FN2O3. The second-order valence-corrected chi connectivity index (χ2v) is 11.0. The number of amides is 1. The van der Waals surface area contributed by atoms with Crippen molar-refractivity contribution in [3.05, 3.63) is 34.6 Å². The van der Waals surface area contributed by atoms with Crippen LogP contribution in [0.2, 0.25) is 0 Å². The molecule has 6 heteroatoms. The zero-order chi connectivity index (χ0) is 24.2. The molecule has 0 spiro atoms. The Morgan fingerprint density at radius 1 is 1.03 bits per heavy atom. The molecule has 34 heavy (non-hydrogen) atoms. The van der Waals surface area contributed by atoms with Crippen molar-refractivity contribution in [3.8, 4) is 0 Å². The molecule has 1 aromatic carbocycles. The van der Waals surface area contributed by atoms with E-state index in [0.29, 0.717) is 18.9 Å². The van der Waals surface area contributed by atoms with Crippen LogP contribution in [-0.2, 0) is 22.6 Å². The molecule has 0 radical (unpaired) electrons. The van der Waals surface area contributed by atoms with E-state index < -0.39 is 0 Å². The van der Waals surface area contributed by atoms with Gasteiger partial charge in [-0.2, -0.15) is 0 Å². The van der Waals surface area contributed by atoms with Gasteiger partial charge < -0.3 is 10.0 Å². The summed E-state index contributed by atoms with van der Waals surface area (Å²) in [5.74, 6) is 0.339. The molecule has 1 amide bonds. The van der Waals surface area contributed by atoms with Gasteiger partial charge in [0.25, 0.3) is 0 Å². The summed E-state index contributed by atoms with van der Waals surface area (Å²) in [6, 6.07) is 3.24. The maximum atomic E-state index is 14.5. The van der Waals surface area contributed by atoms with Crippen LogP contribution in [0.3, 0.4) is 0 Å². The highest BCUT2D eigenvalue weighted by Gasteiger charge is 2.33. The second-order valence-electron chi connectivity index (χ2n) is 11.0. The molecule has 4 rings (SSSR count). The summed E-state index contributed by atoms with van der Waals surface area (Å²) >= 11 is 0. The Kier molecular flexibility index (Phi) is 8.41. The molecule has 1 aliphatic heterocycles. The third-order valence-electron chi connectivity index (χ3n) is 8.43. The van der Waals surface area contributed by atoms with Crippen LogP contribution in [-0.4, -0.2) is 58.4 Å². The van der Waals surface area contributed by atoms with Crippen LogP contribution in [0.4, 0.5) is 4.39 Å². The zero-order valence-corrected chi connectivity index (χ0v) is 20.9. The zero-order valence-electron chi connectivity index (χ0n) is 20.9. The van der Waals surface area contributed by atoms with Gasteiger partial charge in [-0.25, -0.2) is 4.39 Å². The highest BCUT2D eigenvalue weighted by atomic mass is 19.1. The highest BCUT2D eigenvalue weighted by Crippen LogP contribution is 2.30. The van der Waals surface area contributed by atoms with Gasteiger partial charge in [-0.3, -0.25) is 14.5 Å². The minimum absolute atomic E-state index is 0.0410. The quantitative estimate of drug-likeness (QED) is 0.639. The lowest BCUT2D eigenvalue weighted by Crippen LogP contribution is -2.54. The Morgan fingerprint density at radius 2 is 1.71 bits per heavy atom. The van der Waals surface area contributed by atoms with E-state index in [2.05, 4.69) is 16.7 Å². The van der Waals surface area contributed by atoms with Crippen molar-refractivity contribution in [1.29, 1.82) is 0 Å². The van der Waals surface area contributed by atoms with Crippen molar-refractivity contribution < 1.29 is 19.1 Å². The molecule has 1 N–H and O–H groups in total. The molecule has 3 fully saturated rings. The fourth-order valence-electron chi connectivity index (χ4n) is 6.30. The summed E-state index contributed by atoms with van der Waals surface area (Å²) in [6.45, 7) is 7.01. The van der Waals surface area contributed by atoms with Crippen molar-refractivity contribution in [1.82, 2.24) is 9.80 Å². The number of Topliss-reactive ketones (excluding diaryl/α,β-unsaturated/α-hetero) is 1. The Balaban J connectivity index is 1.36. The molecule has 0 bridgehead atoms. The average molecular weight is 473 g/mol. The molecule has 5 nitrogen and oxygen atoms in total. The summed E-state index contributed by atoms with van der Waals surface area (Å²) in [6.07, 6.45) is 8.35. The van der Waals surface area contributed by atoms with Gasteiger partial charge in [0.2, 0.25) is 5.91 Å². The molecule has 2 unspecified atom stereocenters. The van der Waals surface area contributed by atoms with Gasteiger partial charge in [-0.1, -0.05) is 25.7 Å². The van der Waals surface area contributed by atoms with E-state index in [1.807, 2.05) is 6.92 Å². The summed E-state index contributed by atoms with van der Waals surface area (Å²) < 4.78 is 14.5. The second kappa shape index (κ2) is 11.3. The van der Waals surface area contributed by atoms with Crippen LogP contribution in [0, 0.1) is 24.6 Å². The topological polar surface area (TPSA) is 60.9 Å². The molecule has 1 saturated heterocycles. The van der Waals surface area contributed by atoms with E-state index in [-0.39, 0.29) is 42.0 Å². The van der Waals surface area contributed by atoms with Gasteiger partial charge in [0, 0.05) is 51.0 Å². The third-order valence-corrected chi connectivity index (χ3v) is 8.43. The molecule has 3 aliphatic rings. The number of benzene rings is 1. The fourth-order valence-corrected chi connectivity index (χ4v) is 6.30. The largest absolute Gasteiger partial charge is 0.393 e. The summed E-state index contributed by atoms with van der Waals surface area (Å²) in [5, 5.41) is 10.2. The van der Waals surface area contributed by atoms with Crippen LogP contribution >= 0.6 is 0 Å². The number of hydrogen-bond donors (Lipinski definition) is 1. The predicted molar refractivity (Wildman–Crippen MR) is 131 cm³/mol. The third kappa shape index (κ3) is 6.06. The maximum Gasteiger partial charge on any atom is 0.226 e. The average Bonchev–Trinajstić information content (AvgIpc) is 3.33. The first-order valence-electron chi connectivity index (χ1n) is 13.3. The number of ketones is 1. The lowest BCUT2D eigenvalue weighted by atomic mass is 9.82. The Labute approximate surface area is 203 Å². The molecular weight excluding hydrogens is 431 g/mol. The fraction of sp³-hybridized carbons (Fsp3) is 0.714. The molecule has 3 atom stereocenters. The van der Waals surface area contributed by atoms with E-state index in [0.717, 1.165) is 87.7 Å². The lowest BCUT2D eigenvalue weighted by Gasteiger charge is -2.41. The summed E-state index contributed by atoms with van der Waals surface area (Å²) in [7, 11) is 0. The number of aliphatic hydroxyl groups excluding tert-OH is 1. The molecule has 1 aromatic rings. The van der Waals surface area contributed by atoms with Crippen molar-refractivity contribution >= 4 is 11.7 Å². The van der Waals surface area contributed by atoms with Crippen LogP contribution in [0.1, 0.15) is 81.4 Å². The normalized spacial score (nSPS) is 26.7. The number of carbonyl (C=O) groups is 2. The van der Waals surface area contributed by atoms with Gasteiger partial charge in [-0.15, -0.1) is 0 Å². The Morgan fingerprint density at radius 3 is 2.41 bits per heavy atom. The highest BCUT2D eigenvalue weighted by molar-refractivity contribution is 5.81. The van der Waals surface area contributed by atoms with E-state index in [4.69, 9.17) is 0 Å². The van der Waals surface area contributed by atoms with E-state index in [1.165, 1.54) is 6.07 Å². The molecule has 2 saturated carbocycles. The lowest BCUT2D eigenvalue weighted by molar-refractivity contribution is -0.140. The Bertz CT molecular complexity index is 883. The SMILES string of the molecule is Cc1c(CC(=O)CC2CCCCC2O)cc(F)cc1CN1CCN(C(=O)C2CCCC2)[C@@H](C)C1. The van der Waals surface area contributed by atoms with Crippen LogP contribution in [0.25, 0.3) is 0 Å². The van der Waals surface area contributed by atoms with E-state index in [9.17, 15) is 19.1 Å². The van der Waals surface area contributed by atoms with E-state index in [1.54, 1.807) is 6.07 Å². The van der Waals surface area contributed by atoms with Crippen LogP contribution < -0.4 is 0 Å². The van der Waals surface area contributed by atoms with Gasteiger partial charge in [0.15, 0.2) is 0 Å². The number of carbonyl (C=O) groups excluding carboxylic acids is 2. The van der Waals surface area contributed by atoms with Crippen molar-refractivity contribution in [3.63, 3.8) is 0 Å². The minimum Gasteiger partial charge on any atom is -0.393 e. The Hall–Kier alpha value is -1.79. The number of rotatable bonds is 7. The molecule has 0 aromatic heterocycles. The van der Waals surface area contributed by atoms with Gasteiger partial charge >= 0.3 is 0 Å². The van der Waals surface area contributed by atoms with Crippen molar-refractivity contribution in [2.75, 3.05) is 19.6 Å². The van der Waals surface area contributed by atoms with Crippen LogP contribution in [0.15, 0.2) is 12.1 Å². The number of hydrogen-bond acceptors (Lipinski definition) is 4. The minimum atomic E-state index is -0.386. The number of halogens is 1. The number of nitrogens with zero attached hydrogens (tertiary/aromatic N) is 2. The van der Waals surface area contributed by atoms with Crippen molar-refractivity contribution in [2.24, 2.45) is 11.8 Å². The van der Waals surface area contributed by atoms with Gasteiger partial charge in [0.05, 0.1) is 6.10 Å². The predicted octanol–water partition coefficient (Wildman–Crippen LogP) is 4.41. The first kappa shape index (κ1) is 25.3. The smallest absolute Gasteiger partial charge is 0.226 e. The van der Waals surface area contributed by atoms with Gasteiger partial charge in [-0.05, 0) is 74.3 Å². The molecule has 188 valence electrons. The summed E-state index contributed by atoms with van der Waals surface area (Å²) in [4.78, 5) is 30.0. The standard InChI is InChI=1S/C28H41FN2O3/c1-19-17-30(11-12-31(19)28(34)21-7-3-4-8-21)18-24-14-25(29)13-23(20(24)2)16-26(32)15-22-9-5-6-10-27(22)33/h13-14,19,21-22,27,33H,3-12,15-18H2,1-2H3/t19-,22?,27?/m0/s1. The summed E-state index contributed by atoms with van der Waals surface area (Å²) in [5.41, 5.74) is 2.66. The van der Waals surface area contributed by atoms with Crippen LogP contribution in [0.5, 0.6) is 0 Å². The first-order valence-corrected chi connectivity index (χ1v) is 13.3. The number of aliphatic hydroxyl groups is 1. The van der Waals surface area contributed by atoms with Gasteiger partial charge in [0.1, 0.15) is 11.6 Å². The van der Waals surface area contributed by atoms with E-state index >= 15 is 0 Å². The monoisotopic (exact) mass is 472 g/mol. The maximum absolute atomic E-state index is 14.5. The first-order chi connectivity index (χ1) is 16.3. The van der Waals surface area contributed by atoms with Crippen molar-refractivity contribution in [2.45, 2.75) is 96.7 Å². The number of piperazine rings is 1. The molecule has 2 aliphatic carbocycles.